The minimum Gasteiger partial charge on any atom is -0.205 e. The number of nitrogens with one attached hydrogen (secondary N) is 1. The zero-order chi connectivity index (χ0) is 11.4. The molecule has 0 aliphatic carbocycles. The molecule has 0 atom stereocenters. The second-order valence-electron chi connectivity index (χ2n) is 2.54. The molecule has 84 valence electrons. The smallest absolute Gasteiger partial charge is 0.205 e. The molecule has 1 saturated heterocycles. The quantitative estimate of drug-likeness (QED) is 0.611. The van der Waals surface area contributed by atoms with Gasteiger partial charge in [-0.15, -0.1) is 0 Å². The van der Waals surface area contributed by atoms with E-state index in [1.165, 1.54) is 0 Å². The summed E-state index contributed by atoms with van der Waals surface area (Å²) in [7, 11) is -11.2. The lowest BCUT2D eigenvalue weighted by molar-refractivity contribution is -0.0206. The van der Waals surface area contributed by atoms with Crippen molar-refractivity contribution in [3.05, 3.63) is 0 Å². The van der Waals surface area contributed by atoms with E-state index < -0.39 is 37.0 Å². The van der Waals surface area contributed by atoms with E-state index in [9.17, 15) is 34.4 Å². The van der Waals surface area contributed by atoms with E-state index in [1.54, 1.807) is 0 Å². The summed E-state index contributed by atoms with van der Waals surface area (Å²) in [5, 5.41) is -9.61. The predicted molar refractivity (Wildman–Crippen MR) is 35.5 cm³/mol. The lowest BCUT2D eigenvalue weighted by Crippen LogP contribution is -2.57. The van der Waals surface area contributed by atoms with Crippen molar-refractivity contribution < 1.29 is 34.4 Å². The zero-order valence-corrected chi connectivity index (χ0v) is 7.80. The molecule has 1 N–H and O–H groups in total. The first-order valence-electron chi connectivity index (χ1n) is 2.95. The Kier molecular flexibility index (Phi) is 2.15. The number of rotatable bonds is 0. The molecule has 0 spiro atoms. The van der Waals surface area contributed by atoms with Gasteiger partial charge in [-0.3, -0.25) is 0 Å². The maximum absolute atomic E-state index is 12.4. The van der Waals surface area contributed by atoms with Crippen LogP contribution in [0.3, 0.4) is 0 Å². The third kappa shape index (κ3) is 1.48. The molecule has 0 aromatic heterocycles. The Hall–Kier alpha value is -0.420. The van der Waals surface area contributed by atoms with Crippen LogP contribution in [-0.2, 0) is 20.0 Å². The van der Waals surface area contributed by atoms with Gasteiger partial charge < -0.3 is 0 Å². The number of halogens is 4. The molecule has 5 nitrogen and oxygen atoms in total. The van der Waals surface area contributed by atoms with Gasteiger partial charge in [0.15, 0.2) is 0 Å². The van der Waals surface area contributed by atoms with Gasteiger partial charge in [0, 0.05) is 0 Å². The van der Waals surface area contributed by atoms with E-state index in [0.29, 0.717) is 0 Å². The molecule has 14 heavy (non-hydrogen) atoms. The molecule has 0 saturated carbocycles. The molecule has 1 aliphatic rings. The molecule has 1 rings (SSSR count). The van der Waals surface area contributed by atoms with Gasteiger partial charge in [-0.2, -0.15) is 17.6 Å². The molecule has 0 bridgehead atoms. The lowest BCUT2D eigenvalue weighted by atomic mass is 10.4. The van der Waals surface area contributed by atoms with Crippen molar-refractivity contribution in [3.63, 3.8) is 0 Å². The normalized spacial score (nSPS) is 32.3. The fourth-order valence-corrected chi connectivity index (χ4v) is 3.66. The van der Waals surface area contributed by atoms with Crippen molar-refractivity contribution in [2.24, 2.45) is 0 Å². The van der Waals surface area contributed by atoms with Crippen molar-refractivity contribution >= 4 is 20.0 Å². The highest BCUT2D eigenvalue weighted by molar-refractivity contribution is 8.06. The van der Waals surface area contributed by atoms with E-state index in [-0.39, 0.29) is 4.13 Å². The molecule has 1 heterocycles. The van der Waals surface area contributed by atoms with Gasteiger partial charge in [0.05, 0.1) is 0 Å². The van der Waals surface area contributed by atoms with E-state index in [2.05, 4.69) is 0 Å². The molecule has 1 aliphatic heterocycles. The standard InChI is InChI=1S/C3H3F4NO4S2/c4-2(5)1-3(6,7)14(11,12)8-13(2,9)10/h8H,1H2. The van der Waals surface area contributed by atoms with Crippen LogP contribution in [0.15, 0.2) is 0 Å². The van der Waals surface area contributed by atoms with Crippen molar-refractivity contribution in [1.29, 1.82) is 0 Å². The summed E-state index contributed by atoms with van der Waals surface area (Å²) in [6.45, 7) is 0. The van der Waals surface area contributed by atoms with E-state index in [1.807, 2.05) is 0 Å². The topological polar surface area (TPSA) is 80.3 Å². The highest BCUT2D eigenvalue weighted by Gasteiger charge is 2.65. The Balaban J connectivity index is 3.36. The first-order valence-corrected chi connectivity index (χ1v) is 5.91. The van der Waals surface area contributed by atoms with Crippen molar-refractivity contribution in [2.45, 2.75) is 16.9 Å². The molecule has 0 aromatic rings. The number of hydrogen-bond acceptors (Lipinski definition) is 4. The molecule has 11 heteroatoms. The fourth-order valence-electron chi connectivity index (χ4n) is 0.696. The third-order valence-corrected chi connectivity index (χ3v) is 5.03. The van der Waals surface area contributed by atoms with Gasteiger partial charge in [0.2, 0.25) is 0 Å². The summed E-state index contributed by atoms with van der Waals surface area (Å²) >= 11 is 0. The van der Waals surface area contributed by atoms with Gasteiger partial charge >= 0.3 is 10.5 Å². The summed E-state index contributed by atoms with van der Waals surface area (Å²) < 4.78 is 91.7. The van der Waals surface area contributed by atoms with Crippen LogP contribution in [0, 0.1) is 0 Å². The maximum atomic E-state index is 12.4. The predicted octanol–water partition coefficient (Wildman–Crippen LogP) is -0.175. The maximum Gasteiger partial charge on any atom is 0.367 e. The molecule has 1 fully saturated rings. The Bertz CT molecular complexity index is 409. The molecule has 0 radical (unpaired) electrons. The van der Waals surface area contributed by atoms with Crippen LogP contribution in [0.5, 0.6) is 0 Å². The van der Waals surface area contributed by atoms with E-state index in [0.717, 1.165) is 0 Å². The summed E-state index contributed by atoms with van der Waals surface area (Å²) in [5.41, 5.74) is 0. The molecular weight excluding hydrogens is 254 g/mol. The first-order chi connectivity index (χ1) is 5.91. The lowest BCUT2D eigenvalue weighted by Gasteiger charge is -2.28. The molecule has 0 amide bonds. The van der Waals surface area contributed by atoms with Crippen molar-refractivity contribution in [3.8, 4) is 0 Å². The first kappa shape index (κ1) is 11.7. The van der Waals surface area contributed by atoms with Crippen LogP contribution in [0.25, 0.3) is 0 Å². The van der Waals surface area contributed by atoms with Crippen molar-refractivity contribution in [2.75, 3.05) is 0 Å². The van der Waals surface area contributed by atoms with Crippen molar-refractivity contribution in [1.82, 2.24) is 4.13 Å². The number of hydrogen-bond donors (Lipinski definition) is 1. The minimum absolute atomic E-state index is 0.257. The van der Waals surface area contributed by atoms with E-state index in [4.69, 9.17) is 0 Å². The van der Waals surface area contributed by atoms with Gasteiger partial charge in [-0.1, -0.05) is 4.13 Å². The Morgan fingerprint density at radius 2 is 1.14 bits per heavy atom. The SMILES string of the molecule is O=S1(=O)NS(=O)(=O)C(F)(F)CC1(F)F. The highest BCUT2D eigenvalue weighted by atomic mass is 32.3. The van der Waals surface area contributed by atoms with Crippen LogP contribution in [0.2, 0.25) is 0 Å². The average Bonchev–Trinajstić information content (AvgIpc) is 1.78. The highest BCUT2D eigenvalue weighted by Crippen LogP contribution is 2.41. The van der Waals surface area contributed by atoms with Gasteiger partial charge in [-0.25, -0.2) is 16.8 Å². The van der Waals surface area contributed by atoms with Crippen LogP contribution >= 0.6 is 0 Å². The Morgan fingerprint density at radius 1 is 0.857 bits per heavy atom. The molecule has 0 unspecified atom stereocenters. The molecule has 0 aromatic carbocycles. The minimum atomic E-state index is -5.59. The second-order valence-corrected chi connectivity index (χ2v) is 6.42. The molecular formula is C3H3F4NO4S2. The Labute approximate surface area is 76.2 Å². The summed E-state index contributed by atoms with van der Waals surface area (Å²) in [6, 6.07) is 0. The monoisotopic (exact) mass is 257 g/mol. The zero-order valence-electron chi connectivity index (χ0n) is 6.17. The van der Waals surface area contributed by atoms with E-state index >= 15 is 0 Å². The van der Waals surface area contributed by atoms with Crippen LogP contribution in [0.1, 0.15) is 6.42 Å². The Morgan fingerprint density at radius 3 is 1.36 bits per heavy atom. The summed E-state index contributed by atoms with van der Waals surface area (Å²) in [4.78, 5) is 0. The third-order valence-electron chi connectivity index (χ3n) is 1.42. The van der Waals surface area contributed by atoms with Crippen LogP contribution in [0.4, 0.5) is 17.6 Å². The van der Waals surface area contributed by atoms with Gasteiger partial charge in [0.25, 0.3) is 20.0 Å². The second kappa shape index (κ2) is 2.58. The summed E-state index contributed by atoms with van der Waals surface area (Å²) in [5.74, 6) is 0. The van der Waals surface area contributed by atoms with Gasteiger partial charge in [0.1, 0.15) is 6.42 Å². The van der Waals surface area contributed by atoms with Crippen LogP contribution in [-0.4, -0.2) is 27.3 Å². The largest absolute Gasteiger partial charge is 0.367 e. The average molecular weight is 257 g/mol. The summed E-state index contributed by atoms with van der Waals surface area (Å²) in [6.07, 6.45) is -2.57. The number of alkyl halides is 4. The number of sulfonamides is 2. The van der Waals surface area contributed by atoms with Crippen LogP contribution < -0.4 is 4.13 Å². The van der Waals surface area contributed by atoms with Gasteiger partial charge in [-0.05, 0) is 0 Å². The fraction of sp³-hybridized carbons (Fsp3) is 1.00.